The predicted octanol–water partition coefficient (Wildman–Crippen LogP) is 0.780. The molecule has 2 aromatic rings. The molecule has 1 unspecified atom stereocenters. The van der Waals surface area contributed by atoms with E-state index in [0.717, 1.165) is 10.9 Å². The van der Waals surface area contributed by atoms with E-state index in [4.69, 9.17) is 0 Å². The highest BCUT2D eigenvalue weighted by Crippen LogP contribution is 2.17. The van der Waals surface area contributed by atoms with Crippen LogP contribution in [0.4, 0.5) is 5.69 Å². The molecule has 6 heteroatoms. The Labute approximate surface area is 103 Å². The number of carbonyl (C=O) groups excluding carboxylic acids is 2. The molecule has 92 valence electrons. The first-order valence-corrected chi connectivity index (χ1v) is 5.76. The Kier molecular flexibility index (Phi) is 2.47. The van der Waals surface area contributed by atoms with Crippen LogP contribution in [0.15, 0.2) is 24.4 Å². The minimum atomic E-state index is -0.419. The number of nitrogens with zero attached hydrogens (tertiary/aromatic N) is 1. The Morgan fingerprint density at radius 3 is 3.11 bits per heavy atom. The minimum Gasteiger partial charge on any atom is -0.344 e. The molecule has 2 heterocycles. The zero-order valence-corrected chi connectivity index (χ0v) is 9.56. The summed E-state index contributed by atoms with van der Waals surface area (Å²) in [4.78, 5) is 22.9. The molecule has 3 N–H and O–H groups in total. The van der Waals surface area contributed by atoms with Crippen LogP contribution >= 0.6 is 0 Å². The summed E-state index contributed by atoms with van der Waals surface area (Å²) < 4.78 is 0. The molecule has 1 aromatic carbocycles. The van der Waals surface area contributed by atoms with Crippen molar-refractivity contribution in [3.8, 4) is 0 Å². The van der Waals surface area contributed by atoms with Crippen LogP contribution in [0, 0.1) is 0 Å². The summed E-state index contributed by atoms with van der Waals surface area (Å²) in [5, 5.41) is 13.1. The zero-order valence-electron chi connectivity index (χ0n) is 9.56. The van der Waals surface area contributed by atoms with Gasteiger partial charge in [-0.25, -0.2) is 0 Å². The monoisotopic (exact) mass is 244 g/mol. The van der Waals surface area contributed by atoms with Crippen molar-refractivity contribution in [3.63, 3.8) is 0 Å². The van der Waals surface area contributed by atoms with Crippen molar-refractivity contribution in [1.29, 1.82) is 0 Å². The molecule has 1 aliphatic heterocycles. The van der Waals surface area contributed by atoms with Crippen LogP contribution in [0.5, 0.6) is 0 Å². The van der Waals surface area contributed by atoms with Gasteiger partial charge in [-0.1, -0.05) is 0 Å². The lowest BCUT2D eigenvalue weighted by atomic mass is 10.2. The van der Waals surface area contributed by atoms with Gasteiger partial charge in [0.25, 0.3) is 0 Å². The zero-order chi connectivity index (χ0) is 12.5. The SMILES string of the molecule is O=C1CCC(C(=O)Nc2ccc3[nH]ncc3c2)N1. The summed E-state index contributed by atoms with van der Waals surface area (Å²) in [6, 6.07) is 5.07. The number of H-pyrrole nitrogens is 1. The van der Waals surface area contributed by atoms with Crippen molar-refractivity contribution in [1.82, 2.24) is 15.5 Å². The number of aromatic nitrogens is 2. The number of benzene rings is 1. The highest BCUT2D eigenvalue weighted by atomic mass is 16.2. The summed E-state index contributed by atoms with van der Waals surface area (Å²) in [5.74, 6) is -0.246. The van der Waals surface area contributed by atoms with Crippen molar-refractivity contribution in [2.24, 2.45) is 0 Å². The second-order valence-corrected chi connectivity index (χ2v) is 4.32. The maximum absolute atomic E-state index is 11.9. The van der Waals surface area contributed by atoms with Gasteiger partial charge in [-0.15, -0.1) is 0 Å². The molecule has 3 rings (SSSR count). The number of anilines is 1. The standard InChI is InChI=1S/C12H12N4O2/c17-11-4-3-10(15-11)12(18)14-8-1-2-9-7(5-8)6-13-16-9/h1-2,5-6,10H,3-4H2,(H,13,16)(H,14,18)(H,15,17). The minimum absolute atomic E-state index is 0.0690. The fourth-order valence-corrected chi connectivity index (χ4v) is 2.06. The van der Waals surface area contributed by atoms with Gasteiger partial charge in [0.05, 0.1) is 11.7 Å². The van der Waals surface area contributed by atoms with Gasteiger partial charge in [-0.05, 0) is 24.6 Å². The first-order chi connectivity index (χ1) is 8.72. The summed E-state index contributed by atoms with van der Waals surface area (Å²) in [5.41, 5.74) is 1.62. The van der Waals surface area contributed by atoms with E-state index < -0.39 is 6.04 Å². The normalized spacial score (nSPS) is 18.9. The molecule has 0 saturated carbocycles. The third-order valence-corrected chi connectivity index (χ3v) is 3.02. The molecule has 18 heavy (non-hydrogen) atoms. The number of hydrogen-bond acceptors (Lipinski definition) is 3. The molecular weight excluding hydrogens is 232 g/mol. The van der Waals surface area contributed by atoms with E-state index in [0.29, 0.717) is 18.5 Å². The molecule has 0 spiro atoms. The highest BCUT2D eigenvalue weighted by Gasteiger charge is 2.27. The summed E-state index contributed by atoms with van der Waals surface area (Å²) in [6.07, 6.45) is 2.67. The van der Waals surface area contributed by atoms with Crippen molar-refractivity contribution in [3.05, 3.63) is 24.4 Å². The smallest absolute Gasteiger partial charge is 0.246 e. The van der Waals surface area contributed by atoms with Gasteiger partial charge in [0.15, 0.2) is 0 Å². The van der Waals surface area contributed by atoms with Gasteiger partial charge < -0.3 is 10.6 Å². The van der Waals surface area contributed by atoms with Gasteiger partial charge >= 0.3 is 0 Å². The molecule has 1 saturated heterocycles. The van der Waals surface area contributed by atoms with Crippen LogP contribution in [-0.2, 0) is 9.59 Å². The van der Waals surface area contributed by atoms with E-state index in [1.165, 1.54) is 0 Å². The molecular formula is C12H12N4O2. The van der Waals surface area contributed by atoms with E-state index >= 15 is 0 Å². The number of carbonyl (C=O) groups is 2. The Balaban J connectivity index is 1.75. The Morgan fingerprint density at radius 2 is 2.33 bits per heavy atom. The van der Waals surface area contributed by atoms with Gasteiger partial charge in [-0.2, -0.15) is 5.10 Å². The van der Waals surface area contributed by atoms with Gasteiger partial charge in [0.2, 0.25) is 11.8 Å². The average molecular weight is 244 g/mol. The maximum atomic E-state index is 11.9. The summed E-state index contributed by atoms with van der Waals surface area (Å²) >= 11 is 0. The van der Waals surface area contributed by atoms with Crippen LogP contribution in [0.1, 0.15) is 12.8 Å². The molecule has 1 atom stereocenters. The van der Waals surface area contributed by atoms with Crippen molar-refractivity contribution in [2.75, 3.05) is 5.32 Å². The Bertz CT molecular complexity index is 619. The topological polar surface area (TPSA) is 86.9 Å². The lowest BCUT2D eigenvalue weighted by molar-refractivity contribution is -0.122. The van der Waals surface area contributed by atoms with Crippen LogP contribution in [0.2, 0.25) is 0 Å². The number of nitrogens with one attached hydrogen (secondary N) is 3. The van der Waals surface area contributed by atoms with E-state index in [-0.39, 0.29) is 11.8 Å². The quantitative estimate of drug-likeness (QED) is 0.729. The molecule has 1 aromatic heterocycles. The van der Waals surface area contributed by atoms with E-state index in [1.807, 2.05) is 12.1 Å². The molecule has 2 amide bonds. The van der Waals surface area contributed by atoms with E-state index in [1.54, 1.807) is 12.3 Å². The first-order valence-electron chi connectivity index (χ1n) is 5.76. The maximum Gasteiger partial charge on any atom is 0.246 e. The predicted molar refractivity (Wildman–Crippen MR) is 65.9 cm³/mol. The lowest BCUT2D eigenvalue weighted by Crippen LogP contribution is -2.37. The van der Waals surface area contributed by atoms with Crippen molar-refractivity contribution in [2.45, 2.75) is 18.9 Å². The van der Waals surface area contributed by atoms with Crippen molar-refractivity contribution < 1.29 is 9.59 Å². The third kappa shape index (κ3) is 1.92. The fourth-order valence-electron chi connectivity index (χ4n) is 2.06. The Morgan fingerprint density at radius 1 is 1.44 bits per heavy atom. The largest absolute Gasteiger partial charge is 0.344 e. The van der Waals surface area contributed by atoms with Crippen molar-refractivity contribution >= 4 is 28.4 Å². The number of fused-ring (bicyclic) bond motifs is 1. The second-order valence-electron chi connectivity index (χ2n) is 4.32. The van der Waals surface area contributed by atoms with Crippen LogP contribution in [0.3, 0.4) is 0 Å². The fraction of sp³-hybridized carbons (Fsp3) is 0.250. The molecule has 1 fully saturated rings. The molecule has 1 aliphatic rings. The van der Waals surface area contributed by atoms with Gasteiger partial charge in [-0.3, -0.25) is 14.7 Å². The van der Waals surface area contributed by atoms with Gasteiger partial charge in [0, 0.05) is 17.5 Å². The number of amides is 2. The molecule has 0 aliphatic carbocycles. The third-order valence-electron chi connectivity index (χ3n) is 3.02. The summed E-state index contributed by atoms with van der Waals surface area (Å²) in [6.45, 7) is 0. The lowest BCUT2D eigenvalue weighted by Gasteiger charge is -2.10. The van der Waals surface area contributed by atoms with E-state index in [2.05, 4.69) is 20.8 Å². The number of rotatable bonds is 2. The molecule has 0 radical (unpaired) electrons. The molecule has 0 bridgehead atoms. The van der Waals surface area contributed by atoms with Gasteiger partial charge in [0.1, 0.15) is 6.04 Å². The average Bonchev–Trinajstić information content (AvgIpc) is 2.96. The Hall–Kier alpha value is -2.37. The van der Waals surface area contributed by atoms with E-state index in [9.17, 15) is 9.59 Å². The van der Waals surface area contributed by atoms with Crippen LogP contribution in [-0.4, -0.2) is 28.1 Å². The summed E-state index contributed by atoms with van der Waals surface area (Å²) in [7, 11) is 0. The number of aromatic amines is 1. The number of hydrogen-bond donors (Lipinski definition) is 3. The van der Waals surface area contributed by atoms with Crippen LogP contribution in [0.25, 0.3) is 10.9 Å². The van der Waals surface area contributed by atoms with Crippen LogP contribution < -0.4 is 10.6 Å². The second kappa shape index (κ2) is 4.14. The molecule has 6 nitrogen and oxygen atoms in total. The highest BCUT2D eigenvalue weighted by molar-refractivity contribution is 6.00. The first kappa shape index (κ1) is 10.8.